The molecule has 0 saturated carbocycles. The van der Waals surface area contributed by atoms with Crippen LogP contribution in [0, 0.1) is 5.82 Å². The fourth-order valence-electron chi connectivity index (χ4n) is 2.96. The highest BCUT2D eigenvalue weighted by Gasteiger charge is 2.24. The molecular formula is C17H15FN4O2. The Morgan fingerprint density at radius 3 is 3.00 bits per heavy atom. The number of hydrogen-bond acceptors (Lipinski definition) is 4. The van der Waals surface area contributed by atoms with Crippen molar-refractivity contribution in [3.05, 3.63) is 59.9 Å². The molecule has 3 heterocycles. The van der Waals surface area contributed by atoms with Crippen LogP contribution in [0.5, 0.6) is 0 Å². The predicted molar refractivity (Wildman–Crippen MR) is 85.0 cm³/mol. The second kappa shape index (κ2) is 6.01. The quantitative estimate of drug-likeness (QED) is 0.800. The van der Waals surface area contributed by atoms with Gasteiger partial charge in [0.05, 0.1) is 23.7 Å². The summed E-state index contributed by atoms with van der Waals surface area (Å²) in [6.45, 7) is 1.24. The zero-order valence-electron chi connectivity index (χ0n) is 12.8. The number of aromatic nitrogens is 3. The van der Waals surface area contributed by atoms with Crippen molar-refractivity contribution in [2.45, 2.75) is 12.6 Å². The van der Waals surface area contributed by atoms with Crippen molar-refractivity contribution in [3.63, 3.8) is 0 Å². The van der Waals surface area contributed by atoms with Crippen LogP contribution in [0.4, 0.5) is 4.39 Å². The number of ether oxygens (including phenoxy) is 1. The Hall–Kier alpha value is -2.80. The molecule has 0 saturated heterocycles. The van der Waals surface area contributed by atoms with Gasteiger partial charge in [0.25, 0.3) is 5.91 Å². The topological polar surface area (TPSA) is 69.0 Å². The van der Waals surface area contributed by atoms with E-state index in [1.54, 1.807) is 30.6 Å². The van der Waals surface area contributed by atoms with Crippen LogP contribution in [0.15, 0.2) is 42.7 Å². The number of halogens is 1. The number of carbonyl (C=O) groups is 1. The lowest BCUT2D eigenvalue weighted by Crippen LogP contribution is -2.35. The molecule has 0 spiro atoms. The van der Waals surface area contributed by atoms with Crippen molar-refractivity contribution in [3.8, 4) is 0 Å². The van der Waals surface area contributed by atoms with Crippen molar-refractivity contribution >= 4 is 16.9 Å². The maximum Gasteiger partial charge on any atom is 0.251 e. The number of nitrogens with one attached hydrogen (secondary N) is 1. The molecule has 0 radical (unpaired) electrons. The minimum absolute atomic E-state index is 0.0880. The minimum Gasteiger partial charge on any atom is -0.371 e. The van der Waals surface area contributed by atoms with Gasteiger partial charge in [-0.15, -0.1) is 0 Å². The Labute approximate surface area is 137 Å². The zero-order chi connectivity index (χ0) is 16.5. The van der Waals surface area contributed by atoms with Crippen LogP contribution >= 0.6 is 0 Å². The SMILES string of the molecule is O=C(NCC1COCc2nc3cc(F)ccc3n21)c1ccncc1. The van der Waals surface area contributed by atoms with Crippen LogP contribution in [-0.2, 0) is 11.3 Å². The van der Waals surface area contributed by atoms with E-state index >= 15 is 0 Å². The smallest absolute Gasteiger partial charge is 0.251 e. The molecule has 122 valence electrons. The monoisotopic (exact) mass is 326 g/mol. The number of hydrogen-bond donors (Lipinski definition) is 1. The van der Waals surface area contributed by atoms with Crippen LogP contribution in [0.25, 0.3) is 11.0 Å². The Morgan fingerprint density at radius 1 is 1.33 bits per heavy atom. The number of nitrogens with zero attached hydrogens (tertiary/aromatic N) is 3. The Balaban J connectivity index is 1.58. The summed E-state index contributed by atoms with van der Waals surface area (Å²) >= 11 is 0. The number of fused-ring (bicyclic) bond motifs is 3. The van der Waals surface area contributed by atoms with Crippen molar-refractivity contribution in [1.29, 1.82) is 0 Å². The van der Waals surface area contributed by atoms with E-state index in [1.165, 1.54) is 12.1 Å². The molecule has 3 aromatic rings. The molecule has 1 aliphatic rings. The normalized spacial score (nSPS) is 16.8. The molecule has 1 atom stereocenters. The van der Waals surface area contributed by atoms with Gasteiger partial charge in [-0.1, -0.05) is 0 Å². The first kappa shape index (κ1) is 14.8. The van der Waals surface area contributed by atoms with Crippen LogP contribution in [0.2, 0.25) is 0 Å². The first-order valence-electron chi connectivity index (χ1n) is 7.65. The van der Waals surface area contributed by atoms with E-state index in [9.17, 15) is 9.18 Å². The van der Waals surface area contributed by atoms with E-state index in [-0.39, 0.29) is 17.8 Å². The molecule has 0 aliphatic carbocycles. The Morgan fingerprint density at radius 2 is 2.17 bits per heavy atom. The van der Waals surface area contributed by atoms with Gasteiger partial charge in [-0.05, 0) is 24.3 Å². The van der Waals surface area contributed by atoms with E-state index in [1.807, 2.05) is 4.57 Å². The summed E-state index contributed by atoms with van der Waals surface area (Å²) in [5.41, 5.74) is 2.00. The number of benzene rings is 1. The van der Waals surface area contributed by atoms with Gasteiger partial charge in [-0.2, -0.15) is 0 Å². The van der Waals surface area contributed by atoms with E-state index < -0.39 is 0 Å². The van der Waals surface area contributed by atoms with E-state index in [2.05, 4.69) is 15.3 Å². The van der Waals surface area contributed by atoms with Crippen LogP contribution < -0.4 is 5.32 Å². The standard InChI is InChI=1S/C17H15FN4O2/c18-12-1-2-15-14(7-12)21-16-10-24-9-13(22(15)16)8-20-17(23)11-3-5-19-6-4-11/h1-7,13H,8-10H2,(H,20,23). The number of carbonyl (C=O) groups excluding carboxylic acids is 1. The molecule has 6 nitrogen and oxygen atoms in total. The molecule has 2 aromatic heterocycles. The highest BCUT2D eigenvalue weighted by Crippen LogP contribution is 2.26. The second-order valence-electron chi connectivity index (χ2n) is 5.65. The van der Waals surface area contributed by atoms with Gasteiger partial charge >= 0.3 is 0 Å². The minimum atomic E-state index is -0.318. The van der Waals surface area contributed by atoms with Crippen LogP contribution in [-0.4, -0.2) is 33.6 Å². The van der Waals surface area contributed by atoms with Gasteiger partial charge < -0.3 is 14.6 Å². The maximum atomic E-state index is 13.4. The molecule has 24 heavy (non-hydrogen) atoms. The molecule has 1 amide bonds. The molecule has 0 bridgehead atoms. The summed E-state index contributed by atoms with van der Waals surface area (Å²) in [5, 5.41) is 2.91. The van der Waals surface area contributed by atoms with Crippen LogP contribution in [0.3, 0.4) is 0 Å². The molecular weight excluding hydrogens is 311 g/mol. The molecule has 1 aliphatic heterocycles. The van der Waals surface area contributed by atoms with Crippen molar-refractivity contribution in [2.24, 2.45) is 0 Å². The highest BCUT2D eigenvalue weighted by atomic mass is 19.1. The highest BCUT2D eigenvalue weighted by molar-refractivity contribution is 5.94. The lowest BCUT2D eigenvalue weighted by molar-refractivity contribution is 0.0553. The van der Waals surface area contributed by atoms with Crippen molar-refractivity contribution < 1.29 is 13.9 Å². The van der Waals surface area contributed by atoms with Gasteiger partial charge in [0.2, 0.25) is 0 Å². The van der Waals surface area contributed by atoms with E-state index in [0.717, 1.165) is 11.3 Å². The first-order chi connectivity index (χ1) is 11.7. The van der Waals surface area contributed by atoms with Crippen molar-refractivity contribution in [1.82, 2.24) is 19.9 Å². The average molecular weight is 326 g/mol. The largest absolute Gasteiger partial charge is 0.371 e. The fourth-order valence-corrected chi connectivity index (χ4v) is 2.96. The average Bonchev–Trinajstić information content (AvgIpc) is 2.98. The predicted octanol–water partition coefficient (Wildman–Crippen LogP) is 2.07. The summed E-state index contributed by atoms with van der Waals surface area (Å²) < 4.78 is 21.0. The lowest BCUT2D eigenvalue weighted by atomic mass is 10.2. The summed E-state index contributed by atoms with van der Waals surface area (Å²) in [6, 6.07) is 7.77. The summed E-state index contributed by atoms with van der Waals surface area (Å²) in [4.78, 5) is 20.5. The maximum absolute atomic E-state index is 13.4. The van der Waals surface area contributed by atoms with Crippen LogP contribution in [0.1, 0.15) is 22.2 Å². The number of rotatable bonds is 3. The molecule has 1 unspecified atom stereocenters. The van der Waals surface area contributed by atoms with Crippen molar-refractivity contribution in [2.75, 3.05) is 13.2 Å². The van der Waals surface area contributed by atoms with E-state index in [0.29, 0.717) is 30.8 Å². The van der Waals surface area contributed by atoms with Gasteiger partial charge in [0, 0.05) is 30.6 Å². The third-order valence-corrected chi connectivity index (χ3v) is 4.07. The Kier molecular flexibility index (Phi) is 3.70. The molecule has 1 N–H and O–H groups in total. The molecule has 0 fully saturated rings. The number of amides is 1. The summed E-state index contributed by atoms with van der Waals surface area (Å²) in [6.07, 6.45) is 3.16. The second-order valence-corrected chi connectivity index (χ2v) is 5.65. The molecule has 4 rings (SSSR count). The third kappa shape index (κ3) is 2.63. The molecule has 7 heteroatoms. The molecule has 1 aromatic carbocycles. The fraction of sp³-hybridized carbons (Fsp3) is 0.235. The number of pyridine rings is 1. The summed E-state index contributed by atoms with van der Waals surface area (Å²) in [5.74, 6) is 0.256. The van der Waals surface area contributed by atoms with Gasteiger partial charge in [0.1, 0.15) is 18.2 Å². The van der Waals surface area contributed by atoms with Gasteiger partial charge in [-0.3, -0.25) is 9.78 Å². The van der Waals surface area contributed by atoms with Gasteiger partial charge in [0.15, 0.2) is 0 Å². The van der Waals surface area contributed by atoms with E-state index in [4.69, 9.17) is 4.74 Å². The summed E-state index contributed by atoms with van der Waals surface area (Å²) in [7, 11) is 0. The number of imidazole rings is 1. The Bertz CT molecular complexity index is 894. The third-order valence-electron chi connectivity index (χ3n) is 4.07. The lowest BCUT2D eigenvalue weighted by Gasteiger charge is -2.26. The first-order valence-corrected chi connectivity index (χ1v) is 7.65. The van der Waals surface area contributed by atoms with Gasteiger partial charge in [-0.25, -0.2) is 9.37 Å². The zero-order valence-corrected chi connectivity index (χ0v) is 12.8.